The summed E-state index contributed by atoms with van der Waals surface area (Å²) in [5.41, 5.74) is 0. The Bertz CT molecular complexity index is 332. The molecule has 0 aromatic carbocycles. The zero-order valence-corrected chi connectivity index (χ0v) is 12.5. The minimum atomic E-state index is -0.401. The smallest absolute Gasteiger partial charge is 0.313 e. The van der Waals surface area contributed by atoms with Crippen LogP contribution in [0.1, 0.15) is 39.0 Å². The molecule has 1 saturated carbocycles. The Morgan fingerprint density at radius 3 is 2.35 bits per heavy atom. The highest BCUT2D eigenvalue weighted by Crippen LogP contribution is 2.24. The van der Waals surface area contributed by atoms with Crippen molar-refractivity contribution in [2.24, 2.45) is 0 Å². The molecule has 0 unspecified atom stereocenters. The van der Waals surface area contributed by atoms with E-state index < -0.39 is 5.97 Å². The average molecular weight is 282 g/mol. The molecule has 5 heteroatoms. The van der Waals surface area contributed by atoms with Gasteiger partial charge in [-0.1, -0.05) is 12.8 Å². The molecule has 5 nitrogen and oxygen atoms in total. The molecular formula is C15H26N2O3. The van der Waals surface area contributed by atoms with Gasteiger partial charge in [-0.2, -0.15) is 0 Å². The van der Waals surface area contributed by atoms with E-state index in [1.807, 2.05) is 0 Å². The first-order valence-corrected chi connectivity index (χ1v) is 7.82. The molecule has 0 atom stereocenters. The predicted molar refractivity (Wildman–Crippen MR) is 76.5 cm³/mol. The monoisotopic (exact) mass is 282 g/mol. The average Bonchev–Trinajstić information content (AvgIpc) is 2.93. The Balaban J connectivity index is 1.66. The van der Waals surface area contributed by atoms with Crippen LogP contribution in [0, 0.1) is 0 Å². The molecule has 0 aromatic rings. The number of ketones is 1. The van der Waals surface area contributed by atoms with Crippen LogP contribution in [0.15, 0.2) is 0 Å². The maximum absolute atomic E-state index is 11.8. The summed E-state index contributed by atoms with van der Waals surface area (Å²) in [7, 11) is 0. The Labute approximate surface area is 121 Å². The molecule has 2 rings (SSSR count). The molecule has 0 amide bonds. The van der Waals surface area contributed by atoms with Crippen molar-refractivity contribution in [2.75, 3.05) is 39.3 Å². The minimum Gasteiger partial charge on any atom is -0.466 e. The van der Waals surface area contributed by atoms with E-state index in [-0.39, 0.29) is 12.2 Å². The predicted octanol–water partition coefficient (Wildman–Crippen LogP) is 1.07. The molecule has 1 aliphatic carbocycles. The SMILES string of the molecule is CCOC(=O)CC(=O)CN1CCN(C2CCCC2)CC1. The van der Waals surface area contributed by atoms with Crippen molar-refractivity contribution >= 4 is 11.8 Å². The molecular weight excluding hydrogens is 256 g/mol. The second-order valence-electron chi connectivity index (χ2n) is 5.77. The highest BCUT2D eigenvalue weighted by atomic mass is 16.5. The summed E-state index contributed by atoms with van der Waals surface area (Å²) in [4.78, 5) is 27.8. The normalized spacial score (nSPS) is 22.1. The molecule has 1 saturated heterocycles. The van der Waals surface area contributed by atoms with Crippen molar-refractivity contribution in [3.63, 3.8) is 0 Å². The fourth-order valence-electron chi connectivity index (χ4n) is 3.23. The van der Waals surface area contributed by atoms with Gasteiger partial charge in [0.05, 0.1) is 13.2 Å². The number of rotatable bonds is 6. The van der Waals surface area contributed by atoms with E-state index in [9.17, 15) is 9.59 Å². The van der Waals surface area contributed by atoms with E-state index in [4.69, 9.17) is 4.74 Å². The molecule has 0 radical (unpaired) electrons. The Hall–Kier alpha value is -0.940. The van der Waals surface area contributed by atoms with Crippen LogP contribution in [0.2, 0.25) is 0 Å². The van der Waals surface area contributed by atoms with Crippen LogP contribution in [-0.4, -0.2) is 66.9 Å². The van der Waals surface area contributed by atoms with Gasteiger partial charge >= 0.3 is 5.97 Å². The summed E-state index contributed by atoms with van der Waals surface area (Å²) < 4.78 is 4.80. The topological polar surface area (TPSA) is 49.9 Å². The highest BCUT2D eigenvalue weighted by Gasteiger charge is 2.26. The molecule has 2 fully saturated rings. The number of hydrogen-bond acceptors (Lipinski definition) is 5. The molecule has 2 aliphatic rings. The molecule has 0 N–H and O–H groups in total. The Kier molecular flexibility index (Phi) is 5.98. The lowest BCUT2D eigenvalue weighted by Gasteiger charge is -2.37. The third-order valence-corrected chi connectivity index (χ3v) is 4.29. The largest absolute Gasteiger partial charge is 0.466 e. The number of esters is 1. The summed E-state index contributed by atoms with van der Waals surface area (Å²) in [5.74, 6) is -0.431. The summed E-state index contributed by atoms with van der Waals surface area (Å²) in [6.07, 6.45) is 5.31. The lowest BCUT2D eigenvalue weighted by atomic mass is 10.1. The van der Waals surface area contributed by atoms with Crippen molar-refractivity contribution in [1.29, 1.82) is 0 Å². The number of carbonyl (C=O) groups is 2. The lowest BCUT2D eigenvalue weighted by molar-refractivity contribution is -0.145. The molecule has 20 heavy (non-hydrogen) atoms. The third kappa shape index (κ3) is 4.56. The summed E-state index contributed by atoms with van der Waals surface area (Å²) in [6.45, 7) is 6.46. The van der Waals surface area contributed by atoms with Gasteiger partial charge in [0, 0.05) is 32.2 Å². The van der Waals surface area contributed by atoms with Gasteiger partial charge in [-0.3, -0.25) is 19.4 Å². The number of carbonyl (C=O) groups excluding carboxylic acids is 2. The van der Waals surface area contributed by atoms with Crippen LogP contribution in [0.4, 0.5) is 0 Å². The maximum Gasteiger partial charge on any atom is 0.313 e. The van der Waals surface area contributed by atoms with Crippen molar-refractivity contribution < 1.29 is 14.3 Å². The van der Waals surface area contributed by atoms with Gasteiger partial charge in [-0.25, -0.2) is 0 Å². The molecule has 0 spiro atoms. The van der Waals surface area contributed by atoms with E-state index in [2.05, 4.69) is 9.80 Å². The second kappa shape index (κ2) is 7.74. The number of hydrogen-bond donors (Lipinski definition) is 0. The zero-order valence-electron chi connectivity index (χ0n) is 12.5. The zero-order chi connectivity index (χ0) is 14.4. The number of ether oxygens (including phenoxy) is 1. The highest BCUT2D eigenvalue weighted by molar-refractivity contribution is 5.96. The van der Waals surface area contributed by atoms with Crippen molar-refractivity contribution in [2.45, 2.75) is 45.1 Å². The minimum absolute atomic E-state index is 0.0298. The number of Topliss-reactive ketones (excluding diaryl/α,β-unsaturated/α-hetero) is 1. The first kappa shape index (κ1) is 15.4. The van der Waals surface area contributed by atoms with Crippen LogP contribution < -0.4 is 0 Å². The fraction of sp³-hybridized carbons (Fsp3) is 0.867. The summed E-state index contributed by atoms with van der Waals surface area (Å²) in [5, 5.41) is 0. The van der Waals surface area contributed by atoms with Crippen LogP contribution in [0.5, 0.6) is 0 Å². The number of nitrogens with zero attached hydrogens (tertiary/aromatic N) is 2. The maximum atomic E-state index is 11.8. The first-order valence-electron chi connectivity index (χ1n) is 7.82. The van der Waals surface area contributed by atoms with Gasteiger partial charge < -0.3 is 4.74 Å². The van der Waals surface area contributed by atoms with E-state index in [1.165, 1.54) is 25.7 Å². The van der Waals surface area contributed by atoms with Crippen molar-refractivity contribution in [3.8, 4) is 0 Å². The molecule has 1 aliphatic heterocycles. The van der Waals surface area contributed by atoms with Crippen LogP contribution in [0.3, 0.4) is 0 Å². The van der Waals surface area contributed by atoms with Crippen LogP contribution in [0.25, 0.3) is 0 Å². The van der Waals surface area contributed by atoms with E-state index in [1.54, 1.807) is 6.92 Å². The fourth-order valence-corrected chi connectivity index (χ4v) is 3.23. The standard InChI is InChI=1S/C15H26N2O3/c1-2-20-15(19)11-14(18)12-16-7-9-17(10-8-16)13-5-3-4-6-13/h13H,2-12H2,1H3. The second-order valence-corrected chi connectivity index (χ2v) is 5.77. The molecule has 1 heterocycles. The van der Waals surface area contributed by atoms with E-state index in [0.717, 1.165) is 32.2 Å². The number of piperazine rings is 1. The molecule has 114 valence electrons. The third-order valence-electron chi connectivity index (χ3n) is 4.29. The van der Waals surface area contributed by atoms with Crippen LogP contribution >= 0.6 is 0 Å². The Morgan fingerprint density at radius 2 is 1.75 bits per heavy atom. The van der Waals surface area contributed by atoms with Crippen molar-refractivity contribution in [3.05, 3.63) is 0 Å². The van der Waals surface area contributed by atoms with Gasteiger partial charge in [-0.05, 0) is 19.8 Å². The lowest BCUT2D eigenvalue weighted by Crippen LogP contribution is -2.50. The first-order chi connectivity index (χ1) is 9.69. The van der Waals surface area contributed by atoms with Gasteiger partial charge in [0.25, 0.3) is 0 Å². The van der Waals surface area contributed by atoms with E-state index >= 15 is 0 Å². The molecule has 0 aromatic heterocycles. The molecule has 0 bridgehead atoms. The Morgan fingerprint density at radius 1 is 1.10 bits per heavy atom. The summed E-state index contributed by atoms with van der Waals surface area (Å²) in [6, 6.07) is 0.771. The van der Waals surface area contributed by atoms with Crippen molar-refractivity contribution in [1.82, 2.24) is 9.80 Å². The van der Waals surface area contributed by atoms with Crippen LogP contribution in [-0.2, 0) is 14.3 Å². The summed E-state index contributed by atoms with van der Waals surface area (Å²) >= 11 is 0. The van der Waals surface area contributed by atoms with Gasteiger partial charge in [0.1, 0.15) is 6.42 Å². The van der Waals surface area contributed by atoms with Gasteiger partial charge in [0.15, 0.2) is 5.78 Å². The quantitative estimate of drug-likeness (QED) is 0.539. The van der Waals surface area contributed by atoms with Gasteiger partial charge in [-0.15, -0.1) is 0 Å². The van der Waals surface area contributed by atoms with Gasteiger partial charge in [0.2, 0.25) is 0 Å². The van der Waals surface area contributed by atoms with E-state index in [0.29, 0.717) is 13.2 Å².